The molecule has 0 aliphatic heterocycles. The number of rotatable bonds is 8. The summed E-state index contributed by atoms with van der Waals surface area (Å²) in [7, 11) is 0. The predicted octanol–water partition coefficient (Wildman–Crippen LogP) is 5.45. The van der Waals surface area contributed by atoms with E-state index >= 15 is 0 Å². The van der Waals surface area contributed by atoms with Gasteiger partial charge in [-0.15, -0.1) is 0 Å². The minimum absolute atomic E-state index is 0.0105. The summed E-state index contributed by atoms with van der Waals surface area (Å²) in [6.45, 7) is 3.85. The van der Waals surface area contributed by atoms with Crippen LogP contribution in [-0.4, -0.2) is 16.3 Å². The molecule has 26 heavy (non-hydrogen) atoms. The lowest BCUT2D eigenvalue weighted by Gasteiger charge is -2.31. The number of halogens is 3. The van der Waals surface area contributed by atoms with E-state index in [4.69, 9.17) is 4.74 Å². The number of benzene rings is 1. The summed E-state index contributed by atoms with van der Waals surface area (Å²) in [6.07, 6.45) is -3.94. The Morgan fingerprint density at radius 2 is 1.85 bits per heavy atom. The van der Waals surface area contributed by atoms with Crippen LogP contribution in [0.3, 0.4) is 0 Å². The van der Waals surface area contributed by atoms with Crippen LogP contribution >= 0.6 is 0 Å². The lowest BCUT2D eigenvalue weighted by atomic mass is 9.78. The minimum Gasteiger partial charge on any atom is -0.487 e. The second-order valence-electron chi connectivity index (χ2n) is 7.04. The van der Waals surface area contributed by atoms with Gasteiger partial charge in [-0.1, -0.05) is 32.0 Å². The van der Waals surface area contributed by atoms with E-state index in [1.165, 1.54) is 0 Å². The Labute approximate surface area is 151 Å². The van der Waals surface area contributed by atoms with E-state index in [2.05, 4.69) is 4.98 Å². The molecule has 142 valence electrons. The van der Waals surface area contributed by atoms with Gasteiger partial charge >= 0.3 is 6.18 Å². The molecular weight excluding hydrogens is 343 g/mol. The van der Waals surface area contributed by atoms with E-state index in [-0.39, 0.29) is 12.8 Å². The van der Waals surface area contributed by atoms with E-state index in [9.17, 15) is 18.3 Å². The van der Waals surface area contributed by atoms with Gasteiger partial charge in [0.1, 0.15) is 12.4 Å². The molecule has 1 N–H and O–H groups in total. The molecule has 0 spiro atoms. The van der Waals surface area contributed by atoms with Gasteiger partial charge < -0.3 is 9.84 Å². The molecule has 2 rings (SSSR count). The van der Waals surface area contributed by atoms with Crippen LogP contribution in [0.4, 0.5) is 13.2 Å². The van der Waals surface area contributed by atoms with Gasteiger partial charge in [-0.2, -0.15) is 13.2 Å². The van der Waals surface area contributed by atoms with Gasteiger partial charge in [0.05, 0.1) is 11.8 Å². The normalized spacial score (nSPS) is 13.5. The number of hydrogen-bond acceptors (Lipinski definition) is 3. The first kappa shape index (κ1) is 20.2. The maximum atomic E-state index is 12.3. The van der Waals surface area contributed by atoms with Crippen LogP contribution in [0.25, 0.3) is 0 Å². The summed E-state index contributed by atoms with van der Waals surface area (Å²) in [5.41, 5.74) is 0.733. The van der Waals surface area contributed by atoms with Gasteiger partial charge in [0.2, 0.25) is 0 Å². The molecule has 0 aliphatic rings. The monoisotopic (exact) mass is 367 g/mol. The minimum atomic E-state index is -4.17. The second kappa shape index (κ2) is 8.54. The van der Waals surface area contributed by atoms with Crippen molar-refractivity contribution in [2.24, 2.45) is 5.41 Å². The molecule has 0 fully saturated rings. The van der Waals surface area contributed by atoms with Crippen LogP contribution < -0.4 is 4.74 Å². The molecule has 1 unspecified atom stereocenters. The molecule has 0 bridgehead atoms. The number of ether oxygens (including phenoxy) is 1. The van der Waals surface area contributed by atoms with Crippen molar-refractivity contribution in [1.29, 1.82) is 0 Å². The van der Waals surface area contributed by atoms with Gasteiger partial charge in [-0.25, -0.2) is 0 Å². The molecular formula is C20H24F3NO2. The topological polar surface area (TPSA) is 42.4 Å². The Morgan fingerprint density at radius 3 is 2.50 bits per heavy atom. The number of nitrogens with zero attached hydrogens (tertiary/aromatic N) is 1. The standard InChI is InChI=1S/C20H24F3NO2/c1-19(2,10-6-11-20(21,22)23)18(25)15-7-5-9-17(13-15)26-14-16-8-3-4-12-24-16/h3-5,7-9,12-13,18,25H,6,10-11,14H2,1-2H3. The van der Waals surface area contributed by atoms with Crippen molar-refractivity contribution < 1.29 is 23.0 Å². The number of pyridine rings is 1. The van der Waals surface area contributed by atoms with E-state index < -0.39 is 24.1 Å². The first-order valence-corrected chi connectivity index (χ1v) is 8.55. The Kier molecular flexibility index (Phi) is 6.64. The van der Waals surface area contributed by atoms with Crippen molar-refractivity contribution in [1.82, 2.24) is 4.98 Å². The first-order valence-electron chi connectivity index (χ1n) is 8.55. The van der Waals surface area contributed by atoms with Crippen LogP contribution in [0.15, 0.2) is 48.7 Å². The first-order chi connectivity index (χ1) is 12.2. The fraction of sp³-hybridized carbons (Fsp3) is 0.450. The number of aliphatic hydroxyl groups excluding tert-OH is 1. The van der Waals surface area contributed by atoms with E-state index in [0.717, 1.165) is 5.69 Å². The van der Waals surface area contributed by atoms with Crippen molar-refractivity contribution in [3.63, 3.8) is 0 Å². The van der Waals surface area contributed by atoms with Gasteiger partial charge in [0, 0.05) is 12.6 Å². The smallest absolute Gasteiger partial charge is 0.389 e. The zero-order valence-electron chi connectivity index (χ0n) is 15.0. The highest BCUT2D eigenvalue weighted by Gasteiger charge is 2.32. The second-order valence-corrected chi connectivity index (χ2v) is 7.04. The van der Waals surface area contributed by atoms with Gasteiger partial charge in [0.25, 0.3) is 0 Å². The summed E-state index contributed by atoms with van der Waals surface area (Å²) >= 11 is 0. The summed E-state index contributed by atoms with van der Waals surface area (Å²) < 4.78 is 42.7. The van der Waals surface area contributed by atoms with Gasteiger partial charge in [0.15, 0.2) is 0 Å². The highest BCUT2D eigenvalue weighted by atomic mass is 19.4. The van der Waals surface area contributed by atoms with Crippen molar-refractivity contribution in [3.8, 4) is 5.75 Å². The number of alkyl halides is 3. The average molecular weight is 367 g/mol. The largest absolute Gasteiger partial charge is 0.487 e. The lowest BCUT2D eigenvalue weighted by molar-refractivity contribution is -0.137. The van der Waals surface area contributed by atoms with Crippen LogP contribution in [0.1, 0.15) is 50.5 Å². The fourth-order valence-electron chi connectivity index (χ4n) is 2.75. The zero-order valence-corrected chi connectivity index (χ0v) is 15.0. The summed E-state index contributed by atoms with van der Waals surface area (Å²) in [6, 6.07) is 12.6. The summed E-state index contributed by atoms with van der Waals surface area (Å²) in [5, 5.41) is 10.6. The Morgan fingerprint density at radius 1 is 1.08 bits per heavy atom. The fourth-order valence-corrected chi connectivity index (χ4v) is 2.75. The van der Waals surface area contributed by atoms with Crippen molar-refractivity contribution >= 4 is 0 Å². The van der Waals surface area contributed by atoms with E-state index in [1.807, 2.05) is 18.2 Å². The van der Waals surface area contributed by atoms with Gasteiger partial charge in [-0.3, -0.25) is 4.98 Å². The van der Waals surface area contributed by atoms with Crippen molar-refractivity contribution in [2.75, 3.05) is 0 Å². The molecule has 0 saturated carbocycles. The van der Waals surface area contributed by atoms with E-state index in [0.29, 0.717) is 17.9 Å². The Balaban J connectivity index is 1.98. The van der Waals surface area contributed by atoms with Crippen LogP contribution in [0.2, 0.25) is 0 Å². The molecule has 1 atom stereocenters. The average Bonchev–Trinajstić information content (AvgIpc) is 2.59. The maximum absolute atomic E-state index is 12.3. The molecule has 2 aromatic rings. The Hall–Kier alpha value is -2.08. The van der Waals surface area contributed by atoms with E-state index in [1.54, 1.807) is 44.3 Å². The highest BCUT2D eigenvalue weighted by Crippen LogP contribution is 2.39. The molecule has 1 aromatic carbocycles. The zero-order chi connectivity index (χ0) is 19.2. The van der Waals surface area contributed by atoms with Gasteiger partial charge in [-0.05, 0) is 48.1 Å². The highest BCUT2D eigenvalue weighted by molar-refractivity contribution is 5.31. The quantitative estimate of drug-likeness (QED) is 0.674. The maximum Gasteiger partial charge on any atom is 0.389 e. The molecule has 6 heteroatoms. The Bertz CT molecular complexity index is 687. The lowest BCUT2D eigenvalue weighted by Crippen LogP contribution is -2.23. The summed E-state index contributed by atoms with van der Waals surface area (Å²) in [4.78, 5) is 4.18. The van der Waals surface area contributed by atoms with Crippen molar-refractivity contribution in [2.45, 2.75) is 52.0 Å². The number of aromatic nitrogens is 1. The SMILES string of the molecule is CC(C)(CCCC(F)(F)F)C(O)c1cccc(OCc2ccccn2)c1. The molecule has 0 radical (unpaired) electrons. The van der Waals surface area contributed by atoms with Crippen LogP contribution in [0, 0.1) is 5.41 Å². The molecule has 3 nitrogen and oxygen atoms in total. The van der Waals surface area contributed by atoms with Crippen molar-refractivity contribution in [3.05, 3.63) is 59.9 Å². The molecule has 0 saturated heterocycles. The molecule has 0 amide bonds. The molecule has 0 aliphatic carbocycles. The number of hydrogen-bond donors (Lipinski definition) is 1. The van der Waals surface area contributed by atoms with Crippen LogP contribution in [0.5, 0.6) is 5.75 Å². The third kappa shape index (κ3) is 6.33. The predicted molar refractivity (Wildman–Crippen MR) is 93.7 cm³/mol. The summed E-state index contributed by atoms with van der Waals surface area (Å²) in [5.74, 6) is 0.582. The third-order valence-corrected chi connectivity index (χ3v) is 4.31. The molecule has 1 heterocycles. The molecule has 1 aromatic heterocycles. The third-order valence-electron chi connectivity index (χ3n) is 4.31. The number of aliphatic hydroxyl groups is 1. The van der Waals surface area contributed by atoms with Crippen LogP contribution in [-0.2, 0) is 6.61 Å².